The molecule has 0 saturated carbocycles. The van der Waals surface area contributed by atoms with E-state index in [-0.39, 0.29) is 10.6 Å². The third-order valence-corrected chi connectivity index (χ3v) is 4.21. The number of nitro groups is 1. The number of nitrogens with zero attached hydrogens (tertiary/aromatic N) is 1. The van der Waals surface area contributed by atoms with Crippen molar-refractivity contribution in [1.29, 1.82) is 0 Å². The molecular weight excluding hydrogens is 276 g/mol. The smallest absolute Gasteiger partial charge is 0.293 e. The number of anilines is 2. The number of nitro benzene ring substituents is 1. The molecule has 0 spiro atoms. The SMILES string of the molecule is O=[N+]([O-])c1cc2c3c(cccc3c1Nc1ccccc1)CC2. The minimum absolute atomic E-state index is 0.144. The lowest BCUT2D eigenvalue weighted by Gasteiger charge is -2.12. The first-order chi connectivity index (χ1) is 10.7. The Morgan fingerprint density at radius 3 is 2.50 bits per heavy atom. The van der Waals surface area contributed by atoms with Crippen molar-refractivity contribution in [2.24, 2.45) is 0 Å². The maximum absolute atomic E-state index is 11.5. The van der Waals surface area contributed by atoms with E-state index < -0.39 is 0 Å². The molecule has 1 aliphatic carbocycles. The van der Waals surface area contributed by atoms with Gasteiger partial charge >= 0.3 is 0 Å². The number of rotatable bonds is 3. The molecule has 4 rings (SSSR count). The lowest BCUT2D eigenvalue weighted by molar-refractivity contribution is -0.383. The second-order valence-corrected chi connectivity index (χ2v) is 5.52. The van der Waals surface area contributed by atoms with E-state index in [1.54, 1.807) is 6.07 Å². The van der Waals surface area contributed by atoms with Crippen LogP contribution in [0.3, 0.4) is 0 Å². The van der Waals surface area contributed by atoms with Crippen LogP contribution in [-0.2, 0) is 12.8 Å². The van der Waals surface area contributed by atoms with Crippen molar-refractivity contribution < 1.29 is 4.92 Å². The van der Waals surface area contributed by atoms with Gasteiger partial charge in [0.05, 0.1) is 4.92 Å². The third kappa shape index (κ3) is 1.92. The summed E-state index contributed by atoms with van der Waals surface area (Å²) in [6, 6.07) is 17.3. The summed E-state index contributed by atoms with van der Waals surface area (Å²) in [6.45, 7) is 0. The first-order valence-corrected chi connectivity index (χ1v) is 7.28. The number of aryl methyl sites for hydroxylation is 2. The van der Waals surface area contributed by atoms with Gasteiger partial charge in [-0.25, -0.2) is 0 Å². The molecule has 0 unspecified atom stereocenters. The van der Waals surface area contributed by atoms with Gasteiger partial charge in [-0.2, -0.15) is 0 Å². The molecule has 0 radical (unpaired) electrons. The fraction of sp³-hybridized carbons (Fsp3) is 0.111. The zero-order valence-electron chi connectivity index (χ0n) is 11.9. The van der Waals surface area contributed by atoms with E-state index in [1.165, 1.54) is 10.9 Å². The van der Waals surface area contributed by atoms with Gasteiger partial charge in [0.25, 0.3) is 5.69 Å². The van der Waals surface area contributed by atoms with Crippen LogP contribution >= 0.6 is 0 Å². The van der Waals surface area contributed by atoms with Crippen molar-refractivity contribution in [3.05, 3.63) is 75.8 Å². The molecule has 22 heavy (non-hydrogen) atoms. The van der Waals surface area contributed by atoms with Crippen molar-refractivity contribution in [3.8, 4) is 0 Å². The Morgan fingerprint density at radius 1 is 0.955 bits per heavy atom. The molecule has 3 aromatic carbocycles. The molecule has 4 nitrogen and oxygen atoms in total. The predicted molar refractivity (Wildman–Crippen MR) is 87.7 cm³/mol. The van der Waals surface area contributed by atoms with Crippen LogP contribution in [-0.4, -0.2) is 4.92 Å². The van der Waals surface area contributed by atoms with Gasteiger partial charge < -0.3 is 5.32 Å². The van der Waals surface area contributed by atoms with E-state index >= 15 is 0 Å². The molecule has 0 heterocycles. The first-order valence-electron chi connectivity index (χ1n) is 7.28. The van der Waals surface area contributed by atoms with E-state index in [4.69, 9.17) is 0 Å². The molecule has 0 fully saturated rings. The maximum Gasteiger partial charge on any atom is 0.293 e. The highest BCUT2D eigenvalue weighted by molar-refractivity contribution is 6.04. The lowest BCUT2D eigenvalue weighted by atomic mass is 10.0. The summed E-state index contributed by atoms with van der Waals surface area (Å²) in [5.41, 5.74) is 3.93. The van der Waals surface area contributed by atoms with E-state index in [9.17, 15) is 10.1 Å². The van der Waals surface area contributed by atoms with Crippen molar-refractivity contribution in [3.63, 3.8) is 0 Å². The normalized spacial score (nSPS) is 12.5. The Bertz CT molecular complexity index is 888. The van der Waals surface area contributed by atoms with Gasteiger partial charge in [0.1, 0.15) is 5.69 Å². The Labute approximate surface area is 127 Å². The van der Waals surface area contributed by atoms with Crippen molar-refractivity contribution in [2.45, 2.75) is 12.8 Å². The van der Waals surface area contributed by atoms with Gasteiger partial charge in [-0.1, -0.05) is 36.4 Å². The Hall–Kier alpha value is -2.88. The minimum atomic E-state index is -0.299. The predicted octanol–water partition coefficient (Wildman–Crippen LogP) is 4.59. The fourth-order valence-electron chi connectivity index (χ4n) is 3.25. The van der Waals surface area contributed by atoms with Gasteiger partial charge in [0.15, 0.2) is 0 Å². The molecule has 0 amide bonds. The zero-order chi connectivity index (χ0) is 15.1. The molecule has 4 heteroatoms. The molecule has 108 valence electrons. The molecule has 0 aromatic heterocycles. The second-order valence-electron chi connectivity index (χ2n) is 5.52. The van der Waals surface area contributed by atoms with E-state index in [1.807, 2.05) is 42.5 Å². The highest BCUT2D eigenvalue weighted by atomic mass is 16.6. The fourth-order valence-corrected chi connectivity index (χ4v) is 3.25. The summed E-state index contributed by atoms with van der Waals surface area (Å²) in [5, 5.41) is 16.8. The van der Waals surface area contributed by atoms with Crippen LogP contribution in [0, 0.1) is 10.1 Å². The van der Waals surface area contributed by atoms with Crippen molar-refractivity contribution in [1.82, 2.24) is 0 Å². The van der Waals surface area contributed by atoms with Gasteiger partial charge in [0, 0.05) is 17.1 Å². The highest BCUT2D eigenvalue weighted by Gasteiger charge is 2.24. The van der Waals surface area contributed by atoms with Crippen molar-refractivity contribution in [2.75, 3.05) is 5.32 Å². The van der Waals surface area contributed by atoms with E-state index in [2.05, 4.69) is 11.4 Å². The monoisotopic (exact) mass is 290 g/mol. The summed E-state index contributed by atoms with van der Waals surface area (Å²) in [6.07, 6.45) is 1.83. The van der Waals surface area contributed by atoms with Crippen molar-refractivity contribution >= 4 is 27.8 Å². The third-order valence-electron chi connectivity index (χ3n) is 4.21. The first kappa shape index (κ1) is 12.8. The van der Waals surface area contributed by atoms with Crippen LogP contribution in [0.2, 0.25) is 0 Å². The lowest BCUT2D eigenvalue weighted by Crippen LogP contribution is -1.99. The molecule has 0 saturated heterocycles. The molecule has 0 bridgehead atoms. The van der Waals surface area contributed by atoms with Crippen LogP contribution in [0.1, 0.15) is 11.1 Å². The molecule has 1 N–H and O–H groups in total. The van der Waals surface area contributed by atoms with E-state index in [0.717, 1.165) is 29.5 Å². The summed E-state index contributed by atoms with van der Waals surface area (Å²) in [5.74, 6) is 0. The summed E-state index contributed by atoms with van der Waals surface area (Å²) < 4.78 is 0. The van der Waals surface area contributed by atoms with Crippen LogP contribution in [0.4, 0.5) is 17.1 Å². The highest BCUT2D eigenvalue weighted by Crippen LogP contribution is 2.41. The number of benzene rings is 3. The summed E-state index contributed by atoms with van der Waals surface area (Å²) in [4.78, 5) is 11.2. The average molecular weight is 290 g/mol. The molecule has 0 atom stereocenters. The summed E-state index contributed by atoms with van der Waals surface area (Å²) >= 11 is 0. The largest absolute Gasteiger partial charge is 0.349 e. The number of hydrogen-bond acceptors (Lipinski definition) is 3. The number of nitrogens with one attached hydrogen (secondary N) is 1. The Balaban J connectivity index is 1.99. The van der Waals surface area contributed by atoms with Gasteiger partial charge in [-0.3, -0.25) is 10.1 Å². The second kappa shape index (κ2) is 4.84. The van der Waals surface area contributed by atoms with Crippen LogP contribution < -0.4 is 5.32 Å². The van der Waals surface area contributed by atoms with Crippen LogP contribution in [0.15, 0.2) is 54.6 Å². The Kier molecular flexibility index (Phi) is 2.82. The Morgan fingerprint density at radius 2 is 1.73 bits per heavy atom. The molecular formula is C18H14N2O2. The maximum atomic E-state index is 11.5. The number of para-hydroxylation sites is 1. The average Bonchev–Trinajstić information content (AvgIpc) is 2.95. The van der Waals surface area contributed by atoms with E-state index in [0.29, 0.717) is 5.69 Å². The van der Waals surface area contributed by atoms with Gasteiger partial charge in [-0.15, -0.1) is 0 Å². The van der Waals surface area contributed by atoms with Gasteiger partial charge in [0.2, 0.25) is 0 Å². The standard InChI is InChI=1S/C18H14N2O2/c21-20(22)16-11-13-10-9-12-5-4-8-15(17(12)13)18(16)19-14-6-2-1-3-7-14/h1-8,11,19H,9-10H2. The minimum Gasteiger partial charge on any atom is -0.349 e. The topological polar surface area (TPSA) is 55.2 Å². The number of hydrogen-bond donors (Lipinski definition) is 1. The van der Waals surface area contributed by atoms with Crippen LogP contribution in [0.5, 0.6) is 0 Å². The quantitative estimate of drug-likeness (QED) is 0.567. The molecule has 1 aliphatic rings. The zero-order valence-corrected chi connectivity index (χ0v) is 11.9. The summed E-state index contributed by atoms with van der Waals surface area (Å²) in [7, 11) is 0. The molecule has 3 aromatic rings. The molecule has 0 aliphatic heterocycles. The van der Waals surface area contributed by atoms with Gasteiger partial charge in [-0.05, 0) is 41.5 Å². The van der Waals surface area contributed by atoms with Crippen LogP contribution in [0.25, 0.3) is 10.8 Å².